The summed E-state index contributed by atoms with van der Waals surface area (Å²) in [5.74, 6) is -1.65. The number of carboxylic acid groups (broad SMARTS) is 1. The summed E-state index contributed by atoms with van der Waals surface area (Å²) in [4.78, 5) is 34.6. The van der Waals surface area contributed by atoms with Crippen LogP contribution in [0.15, 0.2) is 24.3 Å². The van der Waals surface area contributed by atoms with Gasteiger partial charge in [0.25, 0.3) is 0 Å². The first-order valence-corrected chi connectivity index (χ1v) is 7.93. The summed E-state index contributed by atoms with van der Waals surface area (Å²) in [5, 5.41) is 8.68. The highest BCUT2D eigenvalue weighted by Gasteiger charge is 2.41. The first kappa shape index (κ1) is 16.0. The molecule has 4 nitrogen and oxygen atoms in total. The molecule has 21 heavy (non-hydrogen) atoms. The number of hydrogen-bond acceptors (Lipinski definition) is 4. The van der Waals surface area contributed by atoms with E-state index in [-0.39, 0.29) is 22.6 Å². The molecule has 0 bridgehead atoms. The van der Waals surface area contributed by atoms with Crippen molar-refractivity contribution in [2.24, 2.45) is 5.92 Å². The van der Waals surface area contributed by atoms with Crippen molar-refractivity contribution in [1.82, 2.24) is 0 Å². The van der Waals surface area contributed by atoms with Gasteiger partial charge >= 0.3 is 5.97 Å². The Morgan fingerprint density at radius 3 is 2.76 bits per heavy atom. The standard InChI is InChI=1S/C15H15ClO4S/c16-10-4-1-3-9(7-10)8-12-14(19)11(15(20)21-12)5-2-6-13(17)18/h1,3-4,7,11-12H,2,5-6,8H2,(H,17,18). The molecular weight excluding hydrogens is 312 g/mol. The topological polar surface area (TPSA) is 71.4 Å². The zero-order valence-electron chi connectivity index (χ0n) is 11.3. The molecule has 0 radical (unpaired) electrons. The molecule has 112 valence electrons. The van der Waals surface area contributed by atoms with Gasteiger partial charge in [-0.2, -0.15) is 0 Å². The van der Waals surface area contributed by atoms with Crippen molar-refractivity contribution in [3.05, 3.63) is 34.9 Å². The summed E-state index contributed by atoms with van der Waals surface area (Å²) >= 11 is 6.97. The Morgan fingerprint density at radius 1 is 1.33 bits per heavy atom. The van der Waals surface area contributed by atoms with Crippen molar-refractivity contribution in [3.63, 3.8) is 0 Å². The van der Waals surface area contributed by atoms with Crippen molar-refractivity contribution in [1.29, 1.82) is 0 Å². The number of halogens is 1. The molecule has 1 aliphatic rings. The smallest absolute Gasteiger partial charge is 0.303 e. The van der Waals surface area contributed by atoms with E-state index in [4.69, 9.17) is 16.7 Å². The van der Waals surface area contributed by atoms with Crippen molar-refractivity contribution in [2.75, 3.05) is 0 Å². The van der Waals surface area contributed by atoms with Crippen LogP contribution in [0.25, 0.3) is 0 Å². The molecule has 0 aliphatic carbocycles. The largest absolute Gasteiger partial charge is 0.481 e. The zero-order valence-corrected chi connectivity index (χ0v) is 12.8. The zero-order chi connectivity index (χ0) is 15.4. The monoisotopic (exact) mass is 326 g/mol. The molecule has 0 aromatic heterocycles. The SMILES string of the molecule is O=C(O)CCCC1C(=O)SC(Cc2cccc(Cl)c2)C1=O. The van der Waals surface area contributed by atoms with E-state index in [9.17, 15) is 14.4 Å². The molecule has 1 aromatic carbocycles. The van der Waals surface area contributed by atoms with Crippen LogP contribution in [0.2, 0.25) is 5.02 Å². The molecule has 1 fully saturated rings. The second-order valence-corrected chi connectivity index (χ2v) is 6.64. The Balaban J connectivity index is 1.96. The van der Waals surface area contributed by atoms with Crippen molar-refractivity contribution in [3.8, 4) is 0 Å². The average Bonchev–Trinajstić information content (AvgIpc) is 2.66. The molecule has 1 heterocycles. The van der Waals surface area contributed by atoms with Crippen molar-refractivity contribution in [2.45, 2.75) is 30.9 Å². The van der Waals surface area contributed by atoms with Gasteiger partial charge in [0.05, 0.1) is 11.2 Å². The lowest BCUT2D eigenvalue weighted by atomic mass is 9.94. The van der Waals surface area contributed by atoms with E-state index in [0.29, 0.717) is 24.3 Å². The summed E-state index contributed by atoms with van der Waals surface area (Å²) in [6, 6.07) is 7.24. The van der Waals surface area contributed by atoms with E-state index in [1.165, 1.54) is 0 Å². The Morgan fingerprint density at radius 2 is 2.10 bits per heavy atom. The number of ketones is 1. The highest BCUT2D eigenvalue weighted by Crippen LogP contribution is 2.35. The van der Waals surface area contributed by atoms with Crippen molar-refractivity contribution >= 4 is 40.2 Å². The highest BCUT2D eigenvalue weighted by molar-refractivity contribution is 8.15. The number of carbonyl (C=O) groups is 3. The maximum Gasteiger partial charge on any atom is 0.303 e. The van der Waals surface area contributed by atoms with Crippen LogP contribution >= 0.6 is 23.4 Å². The minimum absolute atomic E-state index is 0.0132. The molecule has 0 amide bonds. The van der Waals surface area contributed by atoms with Crippen molar-refractivity contribution < 1.29 is 19.5 Å². The van der Waals surface area contributed by atoms with Crippen LogP contribution in [-0.4, -0.2) is 27.2 Å². The van der Waals surface area contributed by atoms with E-state index >= 15 is 0 Å². The van der Waals surface area contributed by atoms with Gasteiger partial charge in [-0.3, -0.25) is 14.4 Å². The molecule has 1 saturated heterocycles. The predicted octanol–water partition coefficient (Wildman–Crippen LogP) is 2.96. The molecule has 2 unspecified atom stereocenters. The maximum atomic E-state index is 12.3. The summed E-state index contributed by atoms with van der Waals surface area (Å²) < 4.78 is 0. The number of carbonyl (C=O) groups excluding carboxylic acids is 2. The van der Waals surface area contributed by atoms with Crippen LogP contribution in [0.1, 0.15) is 24.8 Å². The average molecular weight is 327 g/mol. The van der Waals surface area contributed by atoms with Crippen LogP contribution in [0.4, 0.5) is 0 Å². The minimum atomic E-state index is -0.906. The Bertz CT molecular complexity index is 573. The third kappa shape index (κ3) is 4.32. The molecule has 0 saturated carbocycles. The molecular formula is C15H15ClO4S. The Hall–Kier alpha value is -1.33. The van der Waals surface area contributed by atoms with Crippen LogP contribution < -0.4 is 0 Å². The van der Waals surface area contributed by atoms with Gasteiger partial charge in [-0.15, -0.1) is 0 Å². The van der Waals surface area contributed by atoms with Crippen LogP contribution in [0.3, 0.4) is 0 Å². The van der Waals surface area contributed by atoms with Crippen LogP contribution in [0.5, 0.6) is 0 Å². The summed E-state index contributed by atoms with van der Waals surface area (Å²) in [6.07, 6.45) is 1.14. The van der Waals surface area contributed by atoms with E-state index in [2.05, 4.69) is 0 Å². The fourth-order valence-electron chi connectivity index (χ4n) is 2.36. The number of benzene rings is 1. The van der Waals surface area contributed by atoms with Gasteiger partial charge in [0.1, 0.15) is 0 Å². The lowest BCUT2D eigenvalue weighted by molar-refractivity contribution is -0.137. The quantitative estimate of drug-likeness (QED) is 0.814. The highest BCUT2D eigenvalue weighted by atomic mass is 35.5. The number of Topliss-reactive ketones (excluding diaryl/α,β-unsaturated/α-hetero) is 1. The first-order chi connectivity index (χ1) is 9.97. The third-order valence-corrected chi connectivity index (χ3v) is 4.83. The molecule has 1 aliphatic heterocycles. The molecule has 6 heteroatoms. The lowest BCUT2D eigenvalue weighted by Gasteiger charge is -2.08. The minimum Gasteiger partial charge on any atom is -0.481 e. The summed E-state index contributed by atoms with van der Waals surface area (Å²) in [6.45, 7) is 0. The van der Waals surface area contributed by atoms with Gasteiger partial charge in [-0.05, 0) is 37.0 Å². The fourth-order valence-corrected chi connectivity index (χ4v) is 3.81. The maximum absolute atomic E-state index is 12.3. The fraction of sp³-hybridized carbons (Fsp3) is 0.400. The van der Waals surface area contributed by atoms with E-state index < -0.39 is 11.9 Å². The molecule has 2 atom stereocenters. The third-order valence-electron chi connectivity index (χ3n) is 3.40. The lowest BCUT2D eigenvalue weighted by Crippen LogP contribution is -2.21. The first-order valence-electron chi connectivity index (χ1n) is 6.68. The van der Waals surface area contributed by atoms with Gasteiger partial charge in [-0.1, -0.05) is 35.5 Å². The summed E-state index contributed by atoms with van der Waals surface area (Å²) in [5.41, 5.74) is 0.923. The molecule has 1 N–H and O–H groups in total. The van der Waals surface area contributed by atoms with Gasteiger partial charge in [0, 0.05) is 11.4 Å². The number of rotatable bonds is 6. The summed E-state index contributed by atoms with van der Waals surface area (Å²) in [7, 11) is 0. The second-order valence-electron chi connectivity index (χ2n) is 5.00. The van der Waals surface area contributed by atoms with Crippen LogP contribution in [0, 0.1) is 5.92 Å². The van der Waals surface area contributed by atoms with E-state index in [1.54, 1.807) is 12.1 Å². The number of thioether (sulfide) groups is 1. The molecule has 2 rings (SSSR count). The van der Waals surface area contributed by atoms with E-state index in [1.807, 2.05) is 12.1 Å². The van der Waals surface area contributed by atoms with Gasteiger partial charge in [-0.25, -0.2) is 0 Å². The molecule has 0 spiro atoms. The van der Waals surface area contributed by atoms with E-state index in [0.717, 1.165) is 17.3 Å². The number of carboxylic acids is 1. The van der Waals surface area contributed by atoms with Gasteiger partial charge in [0.2, 0.25) is 0 Å². The number of aliphatic carboxylic acids is 1. The normalized spacial score (nSPS) is 21.8. The van der Waals surface area contributed by atoms with Gasteiger partial charge < -0.3 is 5.11 Å². The van der Waals surface area contributed by atoms with Crippen LogP contribution in [-0.2, 0) is 20.8 Å². The Labute approximate surface area is 131 Å². The Kier molecular flexibility index (Phi) is 5.42. The van der Waals surface area contributed by atoms with Gasteiger partial charge in [0.15, 0.2) is 10.9 Å². The predicted molar refractivity (Wildman–Crippen MR) is 81.5 cm³/mol. The second kappa shape index (κ2) is 7.09. The number of hydrogen-bond donors (Lipinski definition) is 1. The molecule has 1 aromatic rings.